The van der Waals surface area contributed by atoms with Crippen molar-refractivity contribution in [3.63, 3.8) is 0 Å². The van der Waals surface area contributed by atoms with Crippen LogP contribution in [0.1, 0.15) is 21.5 Å². The van der Waals surface area contributed by atoms with E-state index in [9.17, 15) is 9.90 Å². The number of nitrogens with one attached hydrogen (secondary N) is 1. The lowest BCUT2D eigenvalue weighted by molar-refractivity contribution is 0.102. The third-order valence-corrected chi connectivity index (χ3v) is 2.99. The second-order valence-corrected chi connectivity index (χ2v) is 4.90. The summed E-state index contributed by atoms with van der Waals surface area (Å²) >= 11 is 5.79. The normalized spacial score (nSPS) is 10.3. The number of carbonyl (C=O) groups excluding carboxylic acids is 1. The van der Waals surface area contributed by atoms with Crippen molar-refractivity contribution in [2.75, 3.05) is 5.32 Å². The zero-order chi connectivity index (χ0) is 14.0. The monoisotopic (exact) mass is 275 g/mol. The van der Waals surface area contributed by atoms with Crippen molar-refractivity contribution in [3.05, 3.63) is 58.1 Å². The fraction of sp³-hybridized carbons (Fsp3) is 0.133. The molecule has 3 nitrogen and oxygen atoms in total. The number of rotatable bonds is 2. The molecule has 0 heterocycles. The van der Waals surface area contributed by atoms with Gasteiger partial charge in [-0.05, 0) is 44.2 Å². The number of anilines is 1. The van der Waals surface area contributed by atoms with E-state index in [-0.39, 0.29) is 16.7 Å². The summed E-state index contributed by atoms with van der Waals surface area (Å²) in [4.78, 5) is 12.1. The average Bonchev–Trinajstić information content (AvgIpc) is 2.32. The number of hydrogen-bond donors (Lipinski definition) is 2. The molecule has 0 saturated heterocycles. The van der Waals surface area contributed by atoms with Crippen LogP contribution in [0.25, 0.3) is 0 Å². The Morgan fingerprint density at radius 3 is 2.32 bits per heavy atom. The van der Waals surface area contributed by atoms with Gasteiger partial charge in [0.05, 0.1) is 5.02 Å². The van der Waals surface area contributed by atoms with Crippen molar-refractivity contribution in [2.45, 2.75) is 13.8 Å². The van der Waals surface area contributed by atoms with E-state index in [0.717, 1.165) is 11.1 Å². The number of aromatic hydroxyl groups is 1. The first kappa shape index (κ1) is 13.4. The fourth-order valence-electron chi connectivity index (χ4n) is 1.89. The predicted molar refractivity (Wildman–Crippen MR) is 77.0 cm³/mol. The molecule has 19 heavy (non-hydrogen) atoms. The predicted octanol–water partition coefficient (Wildman–Crippen LogP) is 3.91. The number of phenolic OH excluding ortho intramolecular Hbond substituents is 1. The molecule has 2 aromatic rings. The number of hydrogen-bond acceptors (Lipinski definition) is 2. The molecular formula is C15H14ClNO2. The average molecular weight is 276 g/mol. The van der Waals surface area contributed by atoms with Gasteiger partial charge in [-0.15, -0.1) is 0 Å². The summed E-state index contributed by atoms with van der Waals surface area (Å²) < 4.78 is 0. The Kier molecular flexibility index (Phi) is 3.76. The number of amides is 1. The van der Waals surface area contributed by atoms with Crippen LogP contribution in [0, 0.1) is 13.8 Å². The highest BCUT2D eigenvalue weighted by molar-refractivity contribution is 6.32. The first-order valence-corrected chi connectivity index (χ1v) is 6.21. The standard InChI is InChI=1S/C15H14ClNO2/c1-9-5-10(2)7-11(6-9)15(19)17-12-3-4-14(18)13(16)8-12/h3-8,18H,1-2H3,(H,17,19). The second-order valence-electron chi connectivity index (χ2n) is 4.50. The van der Waals surface area contributed by atoms with E-state index in [1.807, 2.05) is 32.0 Å². The van der Waals surface area contributed by atoms with Gasteiger partial charge in [0.15, 0.2) is 0 Å². The molecule has 0 radical (unpaired) electrons. The lowest BCUT2D eigenvalue weighted by Crippen LogP contribution is -2.12. The molecule has 0 atom stereocenters. The highest BCUT2D eigenvalue weighted by atomic mass is 35.5. The van der Waals surface area contributed by atoms with Gasteiger partial charge in [0.1, 0.15) is 5.75 Å². The molecule has 98 valence electrons. The summed E-state index contributed by atoms with van der Waals surface area (Å²) in [6, 6.07) is 10.2. The van der Waals surface area contributed by atoms with E-state index < -0.39 is 0 Å². The second kappa shape index (κ2) is 5.33. The van der Waals surface area contributed by atoms with E-state index in [1.165, 1.54) is 12.1 Å². The van der Waals surface area contributed by atoms with Crippen LogP contribution in [0.4, 0.5) is 5.69 Å². The zero-order valence-electron chi connectivity index (χ0n) is 10.7. The smallest absolute Gasteiger partial charge is 0.255 e. The summed E-state index contributed by atoms with van der Waals surface area (Å²) in [6.45, 7) is 3.89. The molecule has 4 heteroatoms. The van der Waals surface area contributed by atoms with Crippen LogP contribution < -0.4 is 5.32 Å². The molecule has 0 saturated carbocycles. The Hall–Kier alpha value is -2.00. The lowest BCUT2D eigenvalue weighted by atomic mass is 10.1. The summed E-state index contributed by atoms with van der Waals surface area (Å²) in [5, 5.41) is 12.3. The van der Waals surface area contributed by atoms with Gasteiger partial charge in [0.25, 0.3) is 5.91 Å². The maximum Gasteiger partial charge on any atom is 0.255 e. The molecule has 0 aliphatic rings. The molecule has 0 spiro atoms. The van der Waals surface area contributed by atoms with Crippen molar-refractivity contribution in [2.24, 2.45) is 0 Å². The van der Waals surface area contributed by atoms with Gasteiger partial charge in [-0.1, -0.05) is 28.8 Å². The van der Waals surface area contributed by atoms with E-state index in [1.54, 1.807) is 6.07 Å². The Balaban J connectivity index is 2.22. The summed E-state index contributed by atoms with van der Waals surface area (Å²) in [6.07, 6.45) is 0. The van der Waals surface area contributed by atoms with Crippen LogP contribution in [0.2, 0.25) is 5.02 Å². The van der Waals surface area contributed by atoms with Gasteiger partial charge < -0.3 is 10.4 Å². The minimum atomic E-state index is -0.200. The molecule has 0 aliphatic heterocycles. The Morgan fingerprint density at radius 1 is 1.11 bits per heavy atom. The van der Waals surface area contributed by atoms with Crippen molar-refractivity contribution >= 4 is 23.2 Å². The van der Waals surface area contributed by atoms with Crippen LogP contribution in [0.3, 0.4) is 0 Å². The number of carbonyl (C=O) groups is 1. The molecule has 2 aromatic carbocycles. The molecule has 0 bridgehead atoms. The SMILES string of the molecule is Cc1cc(C)cc(C(=O)Nc2ccc(O)c(Cl)c2)c1. The van der Waals surface area contributed by atoms with Gasteiger partial charge in [0, 0.05) is 11.3 Å². The largest absolute Gasteiger partial charge is 0.506 e. The number of aryl methyl sites for hydroxylation is 2. The third-order valence-electron chi connectivity index (χ3n) is 2.69. The van der Waals surface area contributed by atoms with Crippen LogP contribution in [-0.4, -0.2) is 11.0 Å². The molecule has 0 unspecified atom stereocenters. The topological polar surface area (TPSA) is 49.3 Å². The molecule has 2 rings (SSSR count). The molecule has 2 N–H and O–H groups in total. The van der Waals surface area contributed by atoms with Crippen LogP contribution in [0.15, 0.2) is 36.4 Å². The van der Waals surface area contributed by atoms with Crippen molar-refractivity contribution in [1.82, 2.24) is 0 Å². The van der Waals surface area contributed by atoms with E-state index in [4.69, 9.17) is 11.6 Å². The third kappa shape index (κ3) is 3.26. The zero-order valence-corrected chi connectivity index (χ0v) is 11.5. The summed E-state index contributed by atoms with van der Waals surface area (Å²) in [5.41, 5.74) is 3.22. The number of phenols is 1. The lowest BCUT2D eigenvalue weighted by Gasteiger charge is -2.08. The summed E-state index contributed by atoms with van der Waals surface area (Å²) in [7, 11) is 0. The maximum absolute atomic E-state index is 12.1. The van der Waals surface area contributed by atoms with Crippen LogP contribution in [-0.2, 0) is 0 Å². The van der Waals surface area contributed by atoms with Crippen LogP contribution in [0.5, 0.6) is 5.75 Å². The number of benzene rings is 2. The summed E-state index contributed by atoms with van der Waals surface area (Å²) in [5.74, 6) is -0.209. The highest BCUT2D eigenvalue weighted by Crippen LogP contribution is 2.26. The van der Waals surface area contributed by atoms with Gasteiger partial charge >= 0.3 is 0 Å². The maximum atomic E-state index is 12.1. The minimum Gasteiger partial charge on any atom is -0.506 e. The van der Waals surface area contributed by atoms with Crippen LogP contribution >= 0.6 is 11.6 Å². The van der Waals surface area contributed by atoms with E-state index >= 15 is 0 Å². The Morgan fingerprint density at radius 2 is 1.74 bits per heavy atom. The Bertz CT molecular complexity index is 618. The van der Waals surface area contributed by atoms with Gasteiger partial charge in [-0.2, -0.15) is 0 Å². The molecule has 1 amide bonds. The first-order valence-electron chi connectivity index (χ1n) is 5.84. The van der Waals surface area contributed by atoms with Crippen molar-refractivity contribution in [1.29, 1.82) is 0 Å². The van der Waals surface area contributed by atoms with Gasteiger partial charge in [-0.3, -0.25) is 4.79 Å². The van der Waals surface area contributed by atoms with Crippen molar-refractivity contribution in [3.8, 4) is 5.75 Å². The fourth-order valence-corrected chi connectivity index (χ4v) is 2.07. The highest BCUT2D eigenvalue weighted by Gasteiger charge is 2.08. The van der Waals surface area contributed by atoms with Gasteiger partial charge in [0.2, 0.25) is 0 Å². The first-order chi connectivity index (χ1) is 8.95. The van der Waals surface area contributed by atoms with E-state index in [2.05, 4.69) is 5.32 Å². The quantitative estimate of drug-likeness (QED) is 0.816. The molecule has 0 aromatic heterocycles. The molecule has 0 aliphatic carbocycles. The Labute approximate surface area is 116 Å². The molecular weight excluding hydrogens is 262 g/mol. The van der Waals surface area contributed by atoms with Crippen molar-refractivity contribution < 1.29 is 9.90 Å². The minimum absolute atomic E-state index is 0.00827. The van der Waals surface area contributed by atoms with E-state index in [0.29, 0.717) is 11.3 Å². The number of halogens is 1. The van der Waals surface area contributed by atoms with Gasteiger partial charge in [-0.25, -0.2) is 0 Å². The molecule has 0 fully saturated rings.